The largest absolute Gasteiger partial charge is 0.341 e. The minimum absolute atomic E-state index is 0.209. The molecule has 0 atom stereocenters. The highest BCUT2D eigenvalue weighted by atomic mass is 32.2. The lowest BCUT2D eigenvalue weighted by Crippen LogP contribution is -2.48. The zero-order valence-corrected chi connectivity index (χ0v) is 15.6. The van der Waals surface area contributed by atoms with Crippen molar-refractivity contribution in [3.63, 3.8) is 0 Å². The first kappa shape index (κ1) is 17.8. The molecule has 2 fully saturated rings. The van der Waals surface area contributed by atoms with Crippen LogP contribution in [0.2, 0.25) is 0 Å². The van der Waals surface area contributed by atoms with Gasteiger partial charge in [0.15, 0.2) is 0 Å². The number of likely N-dealkylation sites (tertiary alicyclic amines) is 1. The number of hydrogen-bond donors (Lipinski definition) is 1. The molecule has 1 aromatic carbocycles. The molecule has 24 heavy (non-hydrogen) atoms. The summed E-state index contributed by atoms with van der Waals surface area (Å²) in [6.07, 6.45) is 8.01. The second-order valence-electron chi connectivity index (χ2n) is 7.24. The van der Waals surface area contributed by atoms with Gasteiger partial charge < -0.3 is 10.2 Å². The number of nitrogens with zero attached hydrogens (tertiary/aromatic N) is 1. The number of amides is 1. The van der Waals surface area contributed by atoms with Crippen molar-refractivity contribution in [3.8, 4) is 0 Å². The van der Waals surface area contributed by atoms with Crippen molar-refractivity contribution >= 4 is 17.7 Å². The van der Waals surface area contributed by atoms with E-state index in [1.54, 1.807) is 0 Å². The van der Waals surface area contributed by atoms with Crippen LogP contribution in [0, 0.1) is 5.92 Å². The normalized spacial score (nSPS) is 21.1. The fourth-order valence-electron chi connectivity index (χ4n) is 4.08. The van der Waals surface area contributed by atoms with Gasteiger partial charge >= 0.3 is 0 Å². The number of hydrogen-bond acceptors (Lipinski definition) is 3. The van der Waals surface area contributed by atoms with Gasteiger partial charge in [0.1, 0.15) is 0 Å². The van der Waals surface area contributed by atoms with Crippen LogP contribution in [0.1, 0.15) is 44.9 Å². The highest BCUT2D eigenvalue weighted by Crippen LogP contribution is 2.46. The summed E-state index contributed by atoms with van der Waals surface area (Å²) in [6, 6.07) is 10.5. The monoisotopic (exact) mass is 346 g/mol. The number of piperidine rings is 1. The smallest absolute Gasteiger partial charge is 0.239 e. The fraction of sp³-hybridized carbons (Fsp3) is 0.650. The van der Waals surface area contributed by atoms with Gasteiger partial charge in [0.2, 0.25) is 5.91 Å². The van der Waals surface area contributed by atoms with E-state index in [-0.39, 0.29) is 4.75 Å². The van der Waals surface area contributed by atoms with Crippen molar-refractivity contribution in [1.29, 1.82) is 0 Å². The molecule has 4 heteroatoms. The van der Waals surface area contributed by atoms with Gasteiger partial charge in [-0.1, -0.05) is 31.0 Å². The predicted molar refractivity (Wildman–Crippen MR) is 101 cm³/mol. The third kappa shape index (κ3) is 4.15. The minimum Gasteiger partial charge on any atom is -0.341 e. The second-order valence-corrected chi connectivity index (χ2v) is 8.70. The third-order valence-electron chi connectivity index (χ3n) is 5.56. The van der Waals surface area contributed by atoms with Crippen LogP contribution in [0.5, 0.6) is 0 Å². The molecule has 2 aliphatic rings. The van der Waals surface area contributed by atoms with E-state index in [2.05, 4.69) is 34.5 Å². The van der Waals surface area contributed by atoms with E-state index in [0.29, 0.717) is 5.91 Å². The van der Waals surface area contributed by atoms with Gasteiger partial charge in [-0.15, -0.1) is 11.8 Å². The third-order valence-corrected chi connectivity index (χ3v) is 7.04. The van der Waals surface area contributed by atoms with E-state index in [1.807, 2.05) is 24.9 Å². The van der Waals surface area contributed by atoms with Crippen molar-refractivity contribution in [3.05, 3.63) is 30.3 Å². The number of thioether (sulfide) groups is 1. The van der Waals surface area contributed by atoms with Crippen LogP contribution in [0.25, 0.3) is 0 Å². The summed E-state index contributed by atoms with van der Waals surface area (Å²) >= 11 is 1.81. The molecule has 1 aliphatic heterocycles. The molecule has 132 valence electrons. The van der Waals surface area contributed by atoms with Crippen molar-refractivity contribution in [2.24, 2.45) is 5.92 Å². The van der Waals surface area contributed by atoms with Crippen molar-refractivity contribution in [2.45, 2.75) is 54.6 Å². The summed E-state index contributed by atoms with van der Waals surface area (Å²) in [7, 11) is 2.02. The number of carbonyl (C=O) groups excluding carboxylic acids is 1. The molecule has 1 heterocycles. The molecule has 0 bridgehead atoms. The average Bonchev–Trinajstić information content (AvgIpc) is 3.10. The standard InChI is InChI=1S/C20H30N2OS/c1-21-14-9-17-10-15-22(16-11-17)19(23)20(12-5-6-13-20)24-18-7-3-2-4-8-18/h2-4,7-8,17,21H,5-6,9-16H2,1H3. The molecule has 1 aromatic rings. The van der Waals surface area contributed by atoms with Crippen LogP contribution in [-0.4, -0.2) is 42.2 Å². The molecule has 0 aromatic heterocycles. The molecule has 1 amide bonds. The van der Waals surface area contributed by atoms with Crippen molar-refractivity contribution in [1.82, 2.24) is 10.2 Å². The highest BCUT2D eigenvalue weighted by molar-refractivity contribution is 8.01. The number of benzene rings is 1. The molecule has 0 radical (unpaired) electrons. The number of carbonyl (C=O) groups is 1. The minimum atomic E-state index is -0.209. The molecule has 0 unspecified atom stereocenters. The SMILES string of the molecule is CNCCC1CCN(C(=O)C2(Sc3ccccc3)CCCC2)CC1. The van der Waals surface area contributed by atoms with E-state index in [4.69, 9.17) is 0 Å². The summed E-state index contributed by atoms with van der Waals surface area (Å²) in [6.45, 7) is 2.99. The van der Waals surface area contributed by atoms with Crippen molar-refractivity contribution < 1.29 is 4.79 Å². The quantitative estimate of drug-likeness (QED) is 0.847. The van der Waals surface area contributed by atoms with Gasteiger partial charge in [-0.05, 0) is 63.7 Å². The highest BCUT2D eigenvalue weighted by Gasteiger charge is 2.45. The Bertz CT molecular complexity index is 520. The van der Waals surface area contributed by atoms with Gasteiger partial charge in [-0.25, -0.2) is 0 Å². The van der Waals surface area contributed by atoms with E-state index < -0.39 is 0 Å². The van der Waals surface area contributed by atoms with E-state index in [9.17, 15) is 4.79 Å². The maximum Gasteiger partial charge on any atom is 0.239 e. The summed E-state index contributed by atoms with van der Waals surface area (Å²) in [4.78, 5) is 16.7. The van der Waals surface area contributed by atoms with Gasteiger partial charge in [-0.3, -0.25) is 4.79 Å². The molecule has 1 N–H and O–H groups in total. The molecule has 1 aliphatic carbocycles. The number of nitrogens with one attached hydrogen (secondary N) is 1. The molecule has 0 spiro atoms. The fourth-order valence-corrected chi connectivity index (χ4v) is 5.53. The number of rotatable bonds is 6. The molecule has 3 nitrogen and oxygen atoms in total. The Hall–Kier alpha value is -1.00. The van der Waals surface area contributed by atoms with E-state index >= 15 is 0 Å². The Morgan fingerprint density at radius 1 is 1.21 bits per heavy atom. The van der Waals surface area contributed by atoms with Gasteiger partial charge in [-0.2, -0.15) is 0 Å². The first-order valence-corrected chi connectivity index (χ1v) is 10.2. The Morgan fingerprint density at radius 3 is 2.50 bits per heavy atom. The van der Waals surface area contributed by atoms with Gasteiger partial charge in [0.05, 0.1) is 4.75 Å². The van der Waals surface area contributed by atoms with Crippen molar-refractivity contribution in [2.75, 3.05) is 26.7 Å². The van der Waals surface area contributed by atoms with Crippen LogP contribution in [0.4, 0.5) is 0 Å². The maximum absolute atomic E-state index is 13.3. The van der Waals surface area contributed by atoms with Gasteiger partial charge in [0.25, 0.3) is 0 Å². The summed E-state index contributed by atoms with van der Waals surface area (Å²) in [5.74, 6) is 1.18. The Morgan fingerprint density at radius 2 is 1.88 bits per heavy atom. The average molecular weight is 347 g/mol. The van der Waals surface area contributed by atoms with Crippen LogP contribution in [0.15, 0.2) is 35.2 Å². The maximum atomic E-state index is 13.3. The van der Waals surface area contributed by atoms with Crippen LogP contribution < -0.4 is 5.32 Å². The van der Waals surface area contributed by atoms with Crippen LogP contribution >= 0.6 is 11.8 Å². The molecular formula is C20H30N2OS. The lowest BCUT2D eigenvalue weighted by Gasteiger charge is -2.38. The summed E-state index contributed by atoms with van der Waals surface area (Å²) < 4.78 is -0.209. The predicted octanol–water partition coefficient (Wildman–Crippen LogP) is 3.94. The van der Waals surface area contributed by atoms with E-state index in [0.717, 1.165) is 38.4 Å². The molecular weight excluding hydrogens is 316 g/mol. The first-order chi connectivity index (χ1) is 11.7. The lowest BCUT2D eigenvalue weighted by atomic mass is 9.92. The topological polar surface area (TPSA) is 32.3 Å². The zero-order chi connectivity index (χ0) is 16.8. The van der Waals surface area contributed by atoms with E-state index in [1.165, 1.54) is 37.0 Å². The molecule has 3 rings (SSSR count). The second kappa shape index (κ2) is 8.39. The summed E-state index contributed by atoms with van der Waals surface area (Å²) in [5.41, 5.74) is 0. The Balaban J connectivity index is 1.63. The summed E-state index contributed by atoms with van der Waals surface area (Å²) in [5, 5.41) is 3.24. The molecule has 1 saturated heterocycles. The molecule has 1 saturated carbocycles. The lowest BCUT2D eigenvalue weighted by molar-refractivity contribution is -0.135. The zero-order valence-electron chi connectivity index (χ0n) is 14.8. The Labute approximate surface area is 150 Å². The van der Waals surface area contributed by atoms with Gasteiger partial charge in [0, 0.05) is 18.0 Å². The van der Waals surface area contributed by atoms with Crippen LogP contribution in [0.3, 0.4) is 0 Å². The first-order valence-electron chi connectivity index (χ1n) is 9.41. The van der Waals surface area contributed by atoms with Crippen LogP contribution in [-0.2, 0) is 4.79 Å². The Kier molecular flexibility index (Phi) is 6.23.